The van der Waals surface area contributed by atoms with Crippen molar-refractivity contribution in [3.8, 4) is 11.5 Å². The first-order valence-electron chi connectivity index (χ1n) is 24.3. The Morgan fingerprint density at radius 3 is 1.57 bits per heavy atom. The molecule has 4 aromatic heterocycles. The molecule has 10 rings (SSSR count). The summed E-state index contributed by atoms with van der Waals surface area (Å²) in [6.45, 7) is 5.37. The molecule has 0 aliphatic carbocycles. The first-order chi connectivity index (χ1) is 36.7. The number of thiazole rings is 2. The van der Waals surface area contributed by atoms with Crippen molar-refractivity contribution in [3.63, 3.8) is 0 Å². The summed E-state index contributed by atoms with van der Waals surface area (Å²) in [6, 6.07) is 34.8. The Balaban J connectivity index is 0.000000262. The molecule has 2 aliphatic rings. The number of fused-ring (bicyclic) bond motifs is 2. The molecule has 2 saturated heterocycles. The van der Waals surface area contributed by atoms with Gasteiger partial charge in [-0.3, -0.25) is 29.3 Å². The Bertz CT molecular complexity index is 2990. The minimum absolute atomic E-state index is 0. The van der Waals surface area contributed by atoms with Gasteiger partial charge in [-0.15, -0.1) is 22.7 Å². The van der Waals surface area contributed by atoms with E-state index in [0.29, 0.717) is 13.2 Å². The van der Waals surface area contributed by atoms with Gasteiger partial charge < -0.3 is 37.0 Å². The number of hydrogen-bond acceptors (Lipinski definition) is 15. The van der Waals surface area contributed by atoms with E-state index >= 15 is 0 Å². The first-order valence-corrected chi connectivity index (χ1v) is 27.2. The summed E-state index contributed by atoms with van der Waals surface area (Å²) in [5, 5.41) is 18.8. The molecule has 2 atom stereocenters. The second kappa shape index (κ2) is 35.2. The Morgan fingerprint density at radius 1 is 0.688 bits per heavy atom. The van der Waals surface area contributed by atoms with Crippen LogP contribution in [0.5, 0.6) is 11.5 Å². The van der Waals surface area contributed by atoms with Crippen molar-refractivity contribution in [2.45, 2.75) is 37.8 Å². The molecule has 0 saturated carbocycles. The number of carbonyl (C=O) groups is 3. The van der Waals surface area contributed by atoms with E-state index in [1.54, 1.807) is 59.3 Å². The number of likely N-dealkylation sites (tertiary alicyclic amines) is 1. The van der Waals surface area contributed by atoms with Crippen LogP contribution in [0.4, 0.5) is 8.78 Å². The normalized spacial score (nSPS) is 14.2. The van der Waals surface area contributed by atoms with E-state index in [1.807, 2.05) is 83.8 Å². The molecule has 15 nitrogen and oxygen atoms in total. The molecular formula is C55H57BrF2K2N8O7S2. The van der Waals surface area contributed by atoms with E-state index in [1.165, 1.54) is 29.0 Å². The third-order valence-electron chi connectivity index (χ3n) is 12.3. The topological polar surface area (TPSA) is 193 Å². The van der Waals surface area contributed by atoms with E-state index in [4.69, 9.17) is 19.5 Å². The second-order valence-corrected chi connectivity index (χ2v) is 19.7. The van der Waals surface area contributed by atoms with Crippen molar-refractivity contribution in [2.24, 2.45) is 11.8 Å². The van der Waals surface area contributed by atoms with Crippen LogP contribution in [0.2, 0.25) is 0 Å². The SMILES string of the molecule is BrCCOc1ccc2ncsc2c1.O=C(NC(c1ccc(F)cc1)c1ccccn1)C1CCN(CCOc2ccc3ncsc3c2)CC1.O=C(NC(c1ccc(F)cc1)c1ccccn1)C1CCNCC1.O=CO[O-].[H-].[K+].[K+]. The van der Waals surface area contributed by atoms with Gasteiger partial charge in [0, 0.05) is 36.1 Å². The van der Waals surface area contributed by atoms with Crippen LogP contribution < -0.4 is 133 Å². The number of benzene rings is 4. The van der Waals surface area contributed by atoms with Crippen LogP contribution >= 0.6 is 38.6 Å². The number of nitrogens with zero attached hydrogens (tertiary/aromatic N) is 5. The molecule has 394 valence electrons. The van der Waals surface area contributed by atoms with Crippen LogP contribution in [0, 0.1) is 23.5 Å². The summed E-state index contributed by atoms with van der Waals surface area (Å²) in [7, 11) is 0. The molecular weight excluding hydrogens is 1140 g/mol. The van der Waals surface area contributed by atoms with E-state index in [2.05, 4.69) is 61.6 Å². The molecule has 4 aromatic carbocycles. The number of pyridine rings is 2. The number of amides is 2. The third-order valence-corrected chi connectivity index (χ3v) is 14.2. The zero-order valence-electron chi connectivity index (χ0n) is 43.8. The Kier molecular flexibility index (Phi) is 29.4. The molecule has 8 aromatic rings. The zero-order chi connectivity index (χ0) is 52.6. The van der Waals surface area contributed by atoms with Crippen LogP contribution in [0.3, 0.4) is 0 Å². The summed E-state index contributed by atoms with van der Waals surface area (Å²) >= 11 is 6.55. The number of rotatable bonds is 16. The molecule has 0 spiro atoms. The average Bonchev–Trinajstić information content (AvgIpc) is 4.15. The van der Waals surface area contributed by atoms with Crippen molar-refractivity contribution < 1.29 is 147 Å². The van der Waals surface area contributed by atoms with Gasteiger partial charge in [-0.25, -0.2) is 18.7 Å². The molecule has 0 bridgehead atoms. The number of hydrogen-bond donors (Lipinski definition) is 3. The summed E-state index contributed by atoms with van der Waals surface area (Å²) in [6.07, 6.45) is 6.65. The van der Waals surface area contributed by atoms with E-state index < -0.39 is 6.04 Å². The van der Waals surface area contributed by atoms with Crippen molar-refractivity contribution >= 4 is 77.3 Å². The molecule has 77 heavy (non-hydrogen) atoms. The van der Waals surface area contributed by atoms with Gasteiger partial charge in [0.25, 0.3) is 6.47 Å². The third kappa shape index (κ3) is 20.8. The van der Waals surface area contributed by atoms with Crippen molar-refractivity contribution in [1.82, 2.24) is 40.8 Å². The molecule has 0 radical (unpaired) electrons. The van der Waals surface area contributed by atoms with Crippen LogP contribution in [0.1, 0.15) is 61.7 Å². The van der Waals surface area contributed by atoms with Gasteiger partial charge in [0.05, 0.1) is 61.5 Å². The largest absolute Gasteiger partial charge is 1.00 e. The van der Waals surface area contributed by atoms with E-state index in [9.17, 15) is 18.4 Å². The number of ether oxygens (including phenoxy) is 2. The van der Waals surface area contributed by atoms with Gasteiger partial charge in [0.2, 0.25) is 11.8 Å². The molecule has 2 aliphatic heterocycles. The Labute approximate surface area is 549 Å². The second-order valence-electron chi connectivity index (χ2n) is 17.2. The van der Waals surface area contributed by atoms with Crippen LogP contribution in [-0.2, 0) is 19.3 Å². The summed E-state index contributed by atoms with van der Waals surface area (Å²) in [5.74, 6) is 1.17. The van der Waals surface area contributed by atoms with Crippen molar-refractivity contribution in [3.05, 3.63) is 179 Å². The average molecular weight is 1200 g/mol. The molecule has 2 unspecified atom stereocenters. The number of carbonyl (C=O) groups excluding carboxylic acids is 3. The van der Waals surface area contributed by atoms with Gasteiger partial charge in [0.15, 0.2) is 0 Å². The fourth-order valence-corrected chi connectivity index (χ4v) is 9.96. The summed E-state index contributed by atoms with van der Waals surface area (Å²) in [5.41, 5.74) is 8.84. The number of aromatic nitrogens is 4. The summed E-state index contributed by atoms with van der Waals surface area (Å²) in [4.78, 5) is 56.6. The molecule has 6 heterocycles. The number of piperidine rings is 2. The van der Waals surface area contributed by atoms with Gasteiger partial charge in [0.1, 0.15) is 29.7 Å². The number of nitrogens with one attached hydrogen (secondary N) is 3. The van der Waals surface area contributed by atoms with Crippen molar-refractivity contribution in [2.75, 3.05) is 51.3 Å². The van der Waals surface area contributed by atoms with Gasteiger partial charge in [-0.1, -0.05) is 52.3 Å². The van der Waals surface area contributed by atoms with Crippen LogP contribution in [0.25, 0.3) is 20.4 Å². The zero-order valence-corrected chi connectivity index (χ0v) is 52.2. The Hall–Kier alpha value is -3.54. The van der Waals surface area contributed by atoms with Gasteiger partial charge in [-0.05, 0) is 148 Å². The predicted octanol–water partition coefficient (Wildman–Crippen LogP) is 2.88. The molecule has 3 N–H and O–H groups in total. The smallest absolute Gasteiger partial charge is 1.00 e. The quantitative estimate of drug-likeness (QED) is 0.0421. The maximum absolute atomic E-state index is 13.5. The molecule has 22 heteroatoms. The van der Waals surface area contributed by atoms with Crippen LogP contribution in [0.15, 0.2) is 145 Å². The number of alkyl halides is 1. The molecule has 2 fully saturated rings. The van der Waals surface area contributed by atoms with E-state index in [0.717, 1.165) is 113 Å². The maximum atomic E-state index is 13.5. The Morgan fingerprint density at radius 2 is 1.14 bits per heavy atom. The monoisotopic (exact) mass is 1200 g/mol. The number of halogens is 3. The van der Waals surface area contributed by atoms with Crippen LogP contribution in [-0.4, -0.2) is 94.4 Å². The predicted molar refractivity (Wildman–Crippen MR) is 288 cm³/mol. The van der Waals surface area contributed by atoms with E-state index in [-0.39, 0.29) is 152 Å². The maximum Gasteiger partial charge on any atom is 1.00 e. The van der Waals surface area contributed by atoms with Gasteiger partial charge >= 0.3 is 103 Å². The van der Waals surface area contributed by atoms with Crippen molar-refractivity contribution in [1.29, 1.82) is 0 Å². The summed E-state index contributed by atoms with van der Waals surface area (Å²) < 4.78 is 40.4. The standard InChI is InChI=1S/C27H27FN4O2S.C18H20FN3O.C9H8BrNOS.CH2O3.2K.H/c28-21-6-4-19(5-7-21)26(24-3-1-2-12-29-24)31-27(33)20-10-13-32(14-11-20)15-16-34-22-8-9-23-25(17-22)35-18-30-23;19-15-6-4-13(5-7-15)17(16-3-1-2-10-21-16)22-18(23)14-8-11-20-12-9-14;10-3-4-12-7-1-2-8-9(5-7)13-6-11-8;2-1-4-3;;;/h1-9,12,17-18,20,26H,10-11,13-16H2,(H,31,33);1-7,10,14,17,20H,8-9,11-12H2,(H,22,23);1-2,5-6H,3-4H2;1,3H;;;/q;;;;2*+1;-1/p-1. The fourth-order valence-electron chi connectivity index (χ4n) is 8.38. The molecule has 2 amide bonds. The fraction of sp³-hybridized carbons (Fsp3) is 0.291. The first kappa shape index (κ1) is 64.3. The minimum Gasteiger partial charge on any atom is -1.00 e. The van der Waals surface area contributed by atoms with Gasteiger partial charge in [-0.2, -0.15) is 0 Å². The minimum atomic E-state index is -0.411.